The Morgan fingerprint density at radius 1 is 0.193 bits per heavy atom. The van der Waals surface area contributed by atoms with E-state index in [4.69, 9.17) is 67.9 Å². The second-order valence-corrected chi connectivity index (χ2v) is 52.2. The fourth-order valence-corrected chi connectivity index (χ4v) is 45.1. The Labute approximate surface area is 805 Å². The van der Waals surface area contributed by atoms with Crippen molar-refractivity contribution in [1.82, 2.24) is 0 Å². The summed E-state index contributed by atoms with van der Waals surface area (Å²) in [5, 5.41) is 0. The lowest BCUT2D eigenvalue weighted by Gasteiger charge is -2.50. The molecule has 0 aromatic heterocycles. The lowest BCUT2D eigenvalue weighted by atomic mass is 10.2. The van der Waals surface area contributed by atoms with Gasteiger partial charge in [-0.15, -0.1) is 0 Å². The third kappa shape index (κ3) is 33.5. The molecule has 1 fully saturated rings. The van der Waals surface area contributed by atoms with Gasteiger partial charge in [0, 0.05) is 60.7 Å². The Balaban J connectivity index is 0.800. The normalized spacial score (nSPS) is 17.6. The van der Waals surface area contributed by atoms with Crippen molar-refractivity contribution in [3.05, 3.63) is 297 Å². The first kappa shape index (κ1) is 109. The standard InChI is InChI=1S/C100H105F15O20Si5/c1-136(51-21-11-6-16-46-121-71-36-26-66(27-37-71)96(116)126-76-56-81(101)91(111)82(102)57-76)131-137(2,52-22-12-7-17-47-122-72-38-28-67(29-39-72)97(117)127-77-58-83(103)92(112)84(104)59-77)133-139(4,54-24-14-9-19-49-124-74-42-32-69(33-43-74)99(119)129-79-62-87(107)94(114)88(108)63-79)135-140(5,55-25-15-10-20-50-125-75-44-34-70(35-45-75)100(120)130-80-64-89(109)95(115)90(110)65-80)134-138(3,132-136)53-23-13-8-18-48-123-73-40-30-68(31-41-73)98(118)128-78-60-85(105)93(113)86(106)61-78/h26-45,56-65H,6-25,46-55H2,1-5H3. The van der Waals surface area contributed by atoms with E-state index in [2.05, 4.69) is 32.7 Å². The van der Waals surface area contributed by atoms with Gasteiger partial charge in [0.15, 0.2) is 87.3 Å². The predicted molar refractivity (Wildman–Crippen MR) is 496 cm³/mol. The number of hydrogen-bond acceptors (Lipinski definition) is 20. The second-order valence-electron chi connectivity index (χ2n) is 34.3. The third-order valence-corrected chi connectivity index (χ3v) is 46.0. The van der Waals surface area contributed by atoms with Crippen molar-refractivity contribution in [2.45, 2.75) is 191 Å². The Hall–Kier alpha value is -11.6. The molecule has 140 heavy (non-hydrogen) atoms. The van der Waals surface area contributed by atoms with E-state index in [9.17, 15) is 89.8 Å². The molecule has 40 heteroatoms. The smallest absolute Gasteiger partial charge is 0.343 e. The Kier molecular flexibility index (Phi) is 40.2. The molecule has 0 atom stereocenters. The second kappa shape index (κ2) is 51.7. The van der Waals surface area contributed by atoms with Gasteiger partial charge < -0.3 is 67.9 Å². The van der Waals surface area contributed by atoms with Crippen LogP contribution in [0.1, 0.15) is 180 Å². The summed E-state index contributed by atoms with van der Waals surface area (Å²) in [5.41, 5.74) is 0.179. The summed E-state index contributed by atoms with van der Waals surface area (Å²) in [6, 6.07) is 37.8. The number of hydrogen-bond donors (Lipinski definition) is 0. The molecule has 10 aromatic rings. The SMILES string of the molecule is C[Si]1(CCCCCCOc2ccc(C(=O)Oc3cc(F)c(F)c(F)c3)cc2)O[Si](C)(CCCCCCOc2ccc(C(=O)Oc3cc(F)c(F)c(F)c3)cc2)O[Si](C)(CCCCCCOc2ccc(C(=O)Oc3cc(F)c(F)c(F)c3)cc2)O[Si](C)(CCCCCCOc2ccc(C(=O)Oc3cc(F)c(F)c(F)c3)cc2)O[Si](C)(CCCCCCOc2ccc(C(=O)Oc3cc(F)c(F)c(F)c3)cc2)O1. The highest BCUT2D eigenvalue weighted by Crippen LogP contribution is 2.42. The van der Waals surface area contributed by atoms with Gasteiger partial charge in [0.25, 0.3) is 0 Å². The van der Waals surface area contributed by atoms with Gasteiger partial charge in [-0.3, -0.25) is 0 Å². The average molecular weight is 2050 g/mol. The quantitative estimate of drug-likeness (QED) is 0.00863. The summed E-state index contributed by atoms with van der Waals surface area (Å²) < 4.78 is 303. The Bertz CT molecular complexity index is 4900. The minimum absolute atomic E-state index is 0.0359. The zero-order chi connectivity index (χ0) is 101. The molecule has 0 bridgehead atoms. The lowest BCUT2D eigenvalue weighted by Crippen LogP contribution is -2.67. The van der Waals surface area contributed by atoms with Crippen LogP contribution < -0.4 is 47.4 Å². The first-order chi connectivity index (χ1) is 66.8. The van der Waals surface area contributed by atoms with Gasteiger partial charge in [-0.05, 0) is 216 Å². The number of carbonyl (C=O) groups is 5. The van der Waals surface area contributed by atoms with Crippen LogP contribution >= 0.6 is 0 Å². The number of rotatable bonds is 50. The summed E-state index contributed by atoms with van der Waals surface area (Å²) >= 11 is 0. The summed E-state index contributed by atoms with van der Waals surface area (Å²) in [6.07, 6.45) is 13.6. The maximum atomic E-state index is 13.9. The molecule has 1 saturated heterocycles. The van der Waals surface area contributed by atoms with Crippen molar-refractivity contribution >= 4 is 72.7 Å². The zero-order valence-corrected chi connectivity index (χ0v) is 82.4. The van der Waals surface area contributed by atoms with Crippen molar-refractivity contribution < 1.29 is 158 Å². The van der Waals surface area contributed by atoms with E-state index in [-0.39, 0.29) is 27.8 Å². The van der Waals surface area contributed by atoms with E-state index < -0.39 is 189 Å². The van der Waals surface area contributed by atoms with Crippen LogP contribution in [0.3, 0.4) is 0 Å². The number of benzene rings is 10. The average Bonchev–Trinajstić information content (AvgIpc) is 0.762. The van der Waals surface area contributed by atoms with Gasteiger partial charge in [0.1, 0.15) is 57.5 Å². The van der Waals surface area contributed by atoms with Gasteiger partial charge in [-0.25, -0.2) is 89.8 Å². The van der Waals surface area contributed by atoms with Gasteiger partial charge in [-0.1, -0.05) is 96.3 Å². The first-order valence-corrected chi connectivity index (χ1v) is 58.4. The van der Waals surface area contributed by atoms with Crippen molar-refractivity contribution in [3.63, 3.8) is 0 Å². The van der Waals surface area contributed by atoms with Gasteiger partial charge in [-0.2, -0.15) is 0 Å². The Morgan fingerprint density at radius 2 is 0.321 bits per heavy atom. The van der Waals surface area contributed by atoms with E-state index in [1.54, 1.807) is 60.7 Å². The van der Waals surface area contributed by atoms with Crippen LogP contribution in [0.25, 0.3) is 0 Å². The van der Waals surface area contributed by atoms with Crippen LogP contribution in [-0.2, 0) is 20.6 Å². The fraction of sp³-hybridized carbons (Fsp3) is 0.350. The molecule has 0 N–H and O–H groups in total. The van der Waals surface area contributed by atoms with Gasteiger partial charge in [0.2, 0.25) is 0 Å². The molecule has 20 nitrogen and oxygen atoms in total. The van der Waals surface area contributed by atoms with Crippen LogP contribution in [0.4, 0.5) is 65.9 Å². The molecule has 0 amide bonds. The molecule has 0 spiro atoms. The molecule has 0 saturated carbocycles. The van der Waals surface area contributed by atoms with E-state index in [1.165, 1.54) is 60.7 Å². The van der Waals surface area contributed by atoms with Crippen LogP contribution in [0.15, 0.2) is 182 Å². The number of carbonyl (C=O) groups excluding carboxylic acids is 5. The topological polar surface area (TPSA) is 224 Å². The summed E-state index contributed by atoms with van der Waals surface area (Å²) in [7, 11) is -17.3. The number of esters is 5. The molecular formula is C100H105F15O20Si5. The first-order valence-electron chi connectivity index (χ1n) is 45.8. The minimum atomic E-state index is -3.47. The lowest BCUT2D eigenvalue weighted by molar-refractivity contribution is 0.0723. The van der Waals surface area contributed by atoms with Crippen LogP contribution in [0.5, 0.6) is 57.5 Å². The molecule has 1 heterocycles. The molecule has 11 rings (SSSR count). The van der Waals surface area contributed by atoms with Crippen molar-refractivity contribution in [1.29, 1.82) is 0 Å². The molecule has 0 radical (unpaired) electrons. The van der Waals surface area contributed by atoms with E-state index >= 15 is 0 Å². The van der Waals surface area contributed by atoms with Crippen LogP contribution in [0, 0.1) is 87.3 Å². The highest BCUT2D eigenvalue weighted by atomic mass is 28.5. The van der Waals surface area contributed by atoms with E-state index in [0.29, 0.717) is 249 Å². The third-order valence-electron chi connectivity index (χ3n) is 22.4. The zero-order valence-electron chi connectivity index (χ0n) is 77.4. The monoisotopic (exact) mass is 2050 g/mol. The Morgan fingerprint density at radius 3 is 0.457 bits per heavy atom. The number of halogens is 15. The molecule has 750 valence electrons. The highest BCUT2D eigenvalue weighted by Gasteiger charge is 2.57. The summed E-state index contributed by atoms with van der Waals surface area (Å²) in [4.78, 5) is 64.6. The molecule has 10 aromatic carbocycles. The van der Waals surface area contributed by atoms with E-state index in [0.717, 1.165) is 32.1 Å². The van der Waals surface area contributed by atoms with Gasteiger partial charge in [0.05, 0.1) is 60.9 Å². The summed E-state index contributed by atoms with van der Waals surface area (Å²) in [5.74, 6) is -29.0. The predicted octanol–water partition coefficient (Wildman–Crippen LogP) is 26.8. The number of ether oxygens (including phenoxy) is 10. The maximum absolute atomic E-state index is 13.9. The van der Waals surface area contributed by atoms with Crippen molar-refractivity contribution in [3.8, 4) is 57.5 Å². The largest absolute Gasteiger partial charge is 0.494 e. The molecule has 0 unspecified atom stereocenters. The molecule has 0 aliphatic carbocycles. The fourth-order valence-electron chi connectivity index (χ4n) is 15.6. The van der Waals surface area contributed by atoms with Crippen LogP contribution in [-0.4, -0.2) is 106 Å². The molecule has 1 aliphatic heterocycles. The van der Waals surface area contributed by atoms with Crippen molar-refractivity contribution in [2.24, 2.45) is 0 Å². The van der Waals surface area contributed by atoms with Gasteiger partial charge >= 0.3 is 72.7 Å². The number of unbranched alkanes of at least 4 members (excludes halogenated alkanes) is 15. The summed E-state index contributed by atoms with van der Waals surface area (Å²) in [6.45, 7) is 11.9. The van der Waals surface area contributed by atoms with Crippen LogP contribution in [0.2, 0.25) is 63.0 Å². The highest BCUT2D eigenvalue weighted by molar-refractivity contribution is 6.94. The molecular weight excluding hydrogens is 1950 g/mol. The van der Waals surface area contributed by atoms with Crippen molar-refractivity contribution in [2.75, 3.05) is 33.0 Å². The van der Waals surface area contributed by atoms with E-state index in [1.807, 2.05) is 0 Å². The molecule has 1 aliphatic rings. The minimum Gasteiger partial charge on any atom is -0.494 e. The maximum Gasteiger partial charge on any atom is 0.343 e.